The molecule has 0 aliphatic carbocycles. The Balaban J connectivity index is 2.90. The van der Waals surface area contributed by atoms with Crippen LogP contribution in [0.4, 0.5) is 4.79 Å². The molecule has 0 radical (unpaired) electrons. The van der Waals surface area contributed by atoms with Crippen LogP contribution in [0.15, 0.2) is 5.10 Å². The fourth-order valence-electron chi connectivity index (χ4n) is 2.30. The van der Waals surface area contributed by atoms with Crippen molar-refractivity contribution >= 4 is 12.2 Å². The molecule has 0 aromatic carbocycles. The molecule has 0 spiro atoms. The van der Waals surface area contributed by atoms with Crippen molar-refractivity contribution in [2.24, 2.45) is 10.8 Å². The quantitative estimate of drug-likeness (QED) is 0.129. The smallest absolute Gasteiger partial charge is 0.332 e. The standard InChI is InChI=1S/C13H25N3O11/c14-13(25)16-15-1-4(19)7(21)11(5(20)2-17)27-12-10(24)9(23)8(22)6(3-18)26-12/h1,4-12,17-24H,2-3H2,(H3,14,16,25)/b15-1+/t4-,5-,6-,7-,8+,9+,10+,11+,12+/m1/s1. The molecule has 1 heterocycles. The largest absolute Gasteiger partial charge is 0.394 e. The van der Waals surface area contributed by atoms with Crippen LogP contribution < -0.4 is 11.2 Å². The Labute approximate surface area is 153 Å². The number of nitrogens with two attached hydrogens (primary N) is 1. The van der Waals surface area contributed by atoms with Gasteiger partial charge in [-0.15, -0.1) is 0 Å². The predicted molar refractivity (Wildman–Crippen MR) is 85.0 cm³/mol. The summed E-state index contributed by atoms with van der Waals surface area (Å²) in [6, 6.07) is -1.04. The van der Waals surface area contributed by atoms with Crippen molar-refractivity contribution in [2.45, 2.75) is 55.1 Å². The lowest BCUT2D eigenvalue weighted by Gasteiger charge is -2.42. The molecule has 1 fully saturated rings. The molecule has 0 aromatic rings. The first kappa shape index (κ1) is 23.6. The first-order valence-electron chi connectivity index (χ1n) is 7.83. The van der Waals surface area contributed by atoms with E-state index >= 15 is 0 Å². The minimum absolute atomic E-state index is 0.656. The number of hydrogen-bond donors (Lipinski definition) is 10. The van der Waals surface area contributed by atoms with E-state index < -0.39 is 74.4 Å². The monoisotopic (exact) mass is 399 g/mol. The van der Waals surface area contributed by atoms with Crippen LogP contribution in [0.2, 0.25) is 0 Å². The third kappa shape index (κ3) is 6.28. The minimum Gasteiger partial charge on any atom is -0.394 e. The van der Waals surface area contributed by atoms with E-state index in [1.165, 1.54) is 0 Å². The summed E-state index contributed by atoms with van der Waals surface area (Å²) < 4.78 is 10.2. The minimum atomic E-state index is -1.95. The molecule has 0 aromatic heterocycles. The van der Waals surface area contributed by atoms with E-state index in [0.717, 1.165) is 0 Å². The van der Waals surface area contributed by atoms with Gasteiger partial charge < -0.3 is 56.1 Å². The molecule has 1 saturated heterocycles. The van der Waals surface area contributed by atoms with Gasteiger partial charge in [0.15, 0.2) is 6.29 Å². The van der Waals surface area contributed by atoms with Crippen molar-refractivity contribution in [1.29, 1.82) is 0 Å². The maximum atomic E-state index is 10.5. The highest BCUT2D eigenvalue weighted by atomic mass is 16.7. The highest BCUT2D eigenvalue weighted by molar-refractivity contribution is 5.73. The SMILES string of the molecule is NC(=O)N/N=C/[C@@H](O)[C@@H](O)[C@@H](O[C@@H]1O[C@H](CO)[C@H](O)[C@H](O)[C@@H]1O)[C@H](O)CO. The first-order chi connectivity index (χ1) is 12.6. The van der Waals surface area contributed by atoms with Gasteiger partial charge in [0.05, 0.1) is 19.4 Å². The third-order valence-corrected chi connectivity index (χ3v) is 3.79. The second-order valence-corrected chi connectivity index (χ2v) is 5.78. The van der Waals surface area contributed by atoms with Crippen LogP contribution in [-0.4, -0.2) is 121 Å². The number of hydrazone groups is 1. The average molecular weight is 399 g/mol. The van der Waals surface area contributed by atoms with Gasteiger partial charge in [0.25, 0.3) is 0 Å². The number of amides is 2. The van der Waals surface area contributed by atoms with E-state index in [4.69, 9.17) is 25.4 Å². The highest BCUT2D eigenvalue weighted by Gasteiger charge is 2.46. The summed E-state index contributed by atoms with van der Waals surface area (Å²) in [6.45, 7) is -1.67. The molecular weight excluding hydrogens is 374 g/mol. The number of nitrogens with zero attached hydrogens (tertiary/aromatic N) is 1. The van der Waals surface area contributed by atoms with E-state index in [1.807, 2.05) is 0 Å². The van der Waals surface area contributed by atoms with E-state index in [2.05, 4.69) is 5.10 Å². The van der Waals surface area contributed by atoms with Crippen molar-refractivity contribution in [2.75, 3.05) is 13.2 Å². The highest BCUT2D eigenvalue weighted by Crippen LogP contribution is 2.24. The fourth-order valence-corrected chi connectivity index (χ4v) is 2.30. The van der Waals surface area contributed by atoms with Gasteiger partial charge in [0.2, 0.25) is 0 Å². The summed E-state index contributed by atoms with van der Waals surface area (Å²) >= 11 is 0. The number of nitrogens with one attached hydrogen (secondary N) is 1. The van der Waals surface area contributed by atoms with Gasteiger partial charge in [-0.3, -0.25) is 0 Å². The van der Waals surface area contributed by atoms with Crippen molar-refractivity contribution in [1.82, 2.24) is 5.43 Å². The number of hydrogen-bond acceptors (Lipinski definition) is 12. The molecule has 1 aliphatic heterocycles. The lowest BCUT2D eigenvalue weighted by molar-refractivity contribution is -0.326. The normalized spacial score (nSPS) is 33.4. The zero-order valence-electron chi connectivity index (χ0n) is 14.0. The van der Waals surface area contributed by atoms with Gasteiger partial charge in [0.1, 0.15) is 48.8 Å². The summed E-state index contributed by atoms with van der Waals surface area (Å²) in [5, 5.41) is 80.6. The van der Waals surface area contributed by atoms with Crippen LogP contribution in [0.1, 0.15) is 0 Å². The zero-order valence-corrected chi connectivity index (χ0v) is 14.0. The third-order valence-electron chi connectivity index (χ3n) is 3.79. The van der Waals surface area contributed by atoms with Crippen molar-refractivity contribution < 1.29 is 55.1 Å². The number of carbonyl (C=O) groups excluding carboxylic acids is 1. The van der Waals surface area contributed by atoms with E-state index in [9.17, 15) is 35.4 Å². The summed E-state index contributed by atoms with van der Waals surface area (Å²) in [7, 11) is 0. The Morgan fingerprint density at radius 1 is 1.19 bits per heavy atom. The van der Waals surface area contributed by atoms with E-state index in [1.54, 1.807) is 5.43 Å². The Hall–Kier alpha value is -1.46. The van der Waals surface area contributed by atoms with Crippen LogP contribution in [0.5, 0.6) is 0 Å². The lowest BCUT2D eigenvalue weighted by atomic mass is 9.98. The molecule has 2 amide bonds. The number of aliphatic hydroxyl groups is 8. The van der Waals surface area contributed by atoms with Crippen LogP contribution >= 0.6 is 0 Å². The summed E-state index contributed by atoms with van der Waals surface area (Å²) in [6.07, 6.45) is -15.0. The average Bonchev–Trinajstić information content (AvgIpc) is 2.64. The molecular formula is C13H25N3O11. The van der Waals surface area contributed by atoms with Crippen molar-refractivity contribution in [3.8, 4) is 0 Å². The summed E-state index contributed by atoms with van der Waals surface area (Å²) in [5.74, 6) is 0. The molecule has 14 nitrogen and oxygen atoms in total. The molecule has 1 aliphatic rings. The number of urea groups is 1. The Bertz CT molecular complexity index is 494. The van der Waals surface area contributed by atoms with Crippen LogP contribution in [0.3, 0.4) is 0 Å². The van der Waals surface area contributed by atoms with E-state index in [-0.39, 0.29) is 0 Å². The van der Waals surface area contributed by atoms with Crippen molar-refractivity contribution in [3.63, 3.8) is 0 Å². The second-order valence-electron chi connectivity index (χ2n) is 5.78. The van der Waals surface area contributed by atoms with Gasteiger partial charge in [-0.05, 0) is 0 Å². The maximum absolute atomic E-state index is 10.5. The number of aliphatic hydroxyl groups excluding tert-OH is 8. The molecule has 0 unspecified atom stereocenters. The summed E-state index contributed by atoms with van der Waals surface area (Å²) in [5.41, 5.74) is 6.52. The molecule has 14 heteroatoms. The molecule has 0 saturated carbocycles. The van der Waals surface area contributed by atoms with E-state index in [0.29, 0.717) is 6.21 Å². The van der Waals surface area contributed by atoms with Crippen molar-refractivity contribution in [3.05, 3.63) is 0 Å². The van der Waals surface area contributed by atoms with Crippen LogP contribution in [0.25, 0.3) is 0 Å². The molecule has 9 atom stereocenters. The summed E-state index contributed by atoms with van der Waals surface area (Å²) in [4.78, 5) is 10.5. The number of carbonyl (C=O) groups is 1. The van der Waals surface area contributed by atoms with Crippen LogP contribution in [0, 0.1) is 0 Å². The Morgan fingerprint density at radius 2 is 1.81 bits per heavy atom. The number of ether oxygens (including phenoxy) is 2. The predicted octanol–water partition coefficient (Wildman–Crippen LogP) is -6.10. The topological polar surface area (TPSA) is 248 Å². The molecule has 158 valence electrons. The van der Waals surface area contributed by atoms with Gasteiger partial charge in [-0.2, -0.15) is 5.10 Å². The van der Waals surface area contributed by atoms with Crippen LogP contribution in [-0.2, 0) is 9.47 Å². The molecule has 1 rings (SSSR count). The second kappa shape index (κ2) is 10.8. The number of primary amides is 1. The van der Waals surface area contributed by atoms with Gasteiger partial charge in [-0.25, -0.2) is 10.2 Å². The maximum Gasteiger partial charge on any atom is 0.332 e. The lowest BCUT2D eigenvalue weighted by Crippen LogP contribution is -2.61. The Morgan fingerprint density at radius 3 is 2.33 bits per heavy atom. The van der Waals surface area contributed by atoms with Gasteiger partial charge in [-0.1, -0.05) is 0 Å². The molecule has 11 N–H and O–H groups in total. The zero-order chi connectivity index (χ0) is 20.7. The first-order valence-corrected chi connectivity index (χ1v) is 7.83. The van der Waals surface area contributed by atoms with Gasteiger partial charge >= 0.3 is 6.03 Å². The Kier molecular flexibility index (Phi) is 9.40. The van der Waals surface area contributed by atoms with Gasteiger partial charge in [0, 0.05) is 0 Å². The molecule has 0 bridgehead atoms. The number of rotatable bonds is 9. The fraction of sp³-hybridized carbons (Fsp3) is 0.846. The molecule has 27 heavy (non-hydrogen) atoms.